The largest absolute Gasteiger partial charge is 0.497 e. The van der Waals surface area contributed by atoms with Gasteiger partial charge in [-0.25, -0.2) is 0 Å². The van der Waals surface area contributed by atoms with Crippen molar-refractivity contribution in [1.29, 1.82) is 0 Å². The number of esters is 1. The lowest BCUT2D eigenvalue weighted by molar-refractivity contribution is -0.152. The molecule has 0 radical (unpaired) electrons. The van der Waals surface area contributed by atoms with Crippen molar-refractivity contribution in [2.24, 2.45) is 17.8 Å². The molecule has 0 aliphatic heterocycles. The Morgan fingerprint density at radius 3 is 2.73 bits per heavy atom. The first kappa shape index (κ1) is 22.5. The number of hydrogen-bond donors (Lipinski definition) is 0. The van der Waals surface area contributed by atoms with Crippen molar-refractivity contribution in [3.05, 3.63) is 18.2 Å². The fourth-order valence-corrected chi connectivity index (χ4v) is 4.47. The molecular formula is C22H30N2O5S. The second-order valence-corrected chi connectivity index (χ2v) is 9.01. The van der Waals surface area contributed by atoms with Crippen LogP contribution in [0, 0.1) is 17.8 Å². The molecule has 7 nitrogen and oxygen atoms in total. The summed E-state index contributed by atoms with van der Waals surface area (Å²) < 4.78 is 22.1. The van der Waals surface area contributed by atoms with Crippen LogP contribution in [0.1, 0.15) is 40.0 Å². The smallest absolute Gasteiger partial charge is 0.316 e. The van der Waals surface area contributed by atoms with Crippen LogP contribution in [0.3, 0.4) is 0 Å². The zero-order chi connectivity index (χ0) is 21.7. The molecule has 1 heterocycles. The topological polar surface area (TPSA) is 83.7 Å². The summed E-state index contributed by atoms with van der Waals surface area (Å²) in [5, 5.41) is 8.43. The molecule has 0 spiro atoms. The summed E-state index contributed by atoms with van der Waals surface area (Å²) in [4.78, 5) is 12.4. The number of methoxy groups -OCH3 is 2. The van der Waals surface area contributed by atoms with Crippen LogP contribution in [0.2, 0.25) is 0 Å². The highest BCUT2D eigenvalue weighted by Gasteiger charge is 2.33. The Hall–Kier alpha value is -2.22. The lowest BCUT2D eigenvalue weighted by atomic mass is 9.75. The molecule has 1 fully saturated rings. The average Bonchev–Trinajstić information content (AvgIpc) is 3.20. The number of rotatable bonds is 8. The van der Waals surface area contributed by atoms with E-state index in [1.807, 2.05) is 0 Å². The number of hydrogen-bond acceptors (Lipinski definition) is 8. The van der Waals surface area contributed by atoms with Gasteiger partial charge in [0.2, 0.25) is 0 Å². The first-order chi connectivity index (χ1) is 14.4. The van der Waals surface area contributed by atoms with E-state index in [1.54, 1.807) is 32.4 Å². The molecule has 3 rings (SSSR count). The monoisotopic (exact) mass is 434 g/mol. The second-order valence-electron chi connectivity index (χ2n) is 8.08. The van der Waals surface area contributed by atoms with Crippen LogP contribution in [0.4, 0.5) is 0 Å². The van der Waals surface area contributed by atoms with Crippen LogP contribution >= 0.6 is 11.8 Å². The van der Waals surface area contributed by atoms with Gasteiger partial charge in [-0.15, -0.1) is 10.2 Å². The van der Waals surface area contributed by atoms with E-state index in [0.717, 1.165) is 12.8 Å². The maximum Gasteiger partial charge on any atom is 0.316 e. The molecule has 2 aromatic rings. The zero-order valence-corrected chi connectivity index (χ0v) is 19.0. The van der Waals surface area contributed by atoms with E-state index in [-0.39, 0.29) is 17.8 Å². The van der Waals surface area contributed by atoms with E-state index < -0.39 is 0 Å². The Balaban J connectivity index is 1.59. The van der Waals surface area contributed by atoms with Gasteiger partial charge in [-0.3, -0.25) is 4.79 Å². The van der Waals surface area contributed by atoms with Crippen LogP contribution in [0.25, 0.3) is 11.5 Å². The lowest BCUT2D eigenvalue weighted by Gasteiger charge is -2.36. The van der Waals surface area contributed by atoms with Gasteiger partial charge in [0, 0.05) is 6.07 Å². The molecule has 3 unspecified atom stereocenters. The SMILES string of the molecule is COc1ccc(-c2nnc(SCC(=O)OC3CC(C)CCC3C(C)C)o2)c(OC)c1. The summed E-state index contributed by atoms with van der Waals surface area (Å²) in [6, 6.07) is 5.34. The highest BCUT2D eigenvalue weighted by atomic mass is 32.2. The minimum atomic E-state index is -0.244. The van der Waals surface area contributed by atoms with Crippen LogP contribution in [0.5, 0.6) is 11.5 Å². The number of carbonyl (C=O) groups is 1. The minimum Gasteiger partial charge on any atom is -0.497 e. The van der Waals surface area contributed by atoms with E-state index in [4.69, 9.17) is 18.6 Å². The molecule has 0 N–H and O–H groups in total. The highest BCUT2D eigenvalue weighted by molar-refractivity contribution is 7.99. The van der Waals surface area contributed by atoms with Crippen LogP contribution < -0.4 is 9.47 Å². The van der Waals surface area contributed by atoms with Gasteiger partial charge in [-0.05, 0) is 42.7 Å². The maximum atomic E-state index is 12.4. The molecule has 1 aromatic carbocycles. The number of carbonyl (C=O) groups excluding carboxylic acids is 1. The zero-order valence-electron chi connectivity index (χ0n) is 18.2. The Morgan fingerprint density at radius 1 is 1.23 bits per heavy atom. The Kier molecular flexibility index (Phi) is 7.64. The van der Waals surface area contributed by atoms with Gasteiger partial charge in [0.1, 0.15) is 23.4 Å². The van der Waals surface area contributed by atoms with Gasteiger partial charge in [0.15, 0.2) is 0 Å². The van der Waals surface area contributed by atoms with Gasteiger partial charge in [0.05, 0.1) is 19.8 Å². The molecule has 30 heavy (non-hydrogen) atoms. The number of aromatic nitrogens is 2. The number of nitrogens with zero attached hydrogens (tertiary/aromatic N) is 2. The molecule has 1 saturated carbocycles. The molecule has 1 aliphatic rings. The van der Waals surface area contributed by atoms with E-state index in [0.29, 0.717) is 45.9 Å². The fraction of sp³-hybridized carbons (Fsp3) is 0.591. The summed E-state index contributed by atoms with van der Waals surface area (Å²) in [6.07, 6.45) is 3.23. The third kappa shape index (κ3) is 5.47. The summed E-state index contributed by atoms with van der Waals surface area (Å²) in [5.74, 6) is 2.97. The van der Waals surface area contributed by atoms with Crippen molar-refractivity contribution >= 4 is 17.7 Å². The molecule has 1 aromatic heterocycles. The molecule has 164 valence electrons. The van der Waals surface area contributed by atoms with Gasteiger partial charge in [0.25, 0.3) is 11.1 Å². The first-order valence-corrected chi connectivity index (χ1v) is 11.3. The van der Waals surface area contributed by atoms with E-state index in [2.05, 4.69) is 31.0 Å². The Bertz CT molecular complexity index is 854. The molecular weight excluding hydrogens is 404 g/mol. The number of benzene rings is 1. The fourth-order valence-electron chi connectivity index (χ4n) is 3.93. The van der Waals surface area contributed by atoms with Gasteiger partial charge >= 0.3 is 5.97 Å². The Labute approximate surface area is 181 Å². The number of thioether (sulfide) groups is 1. The molecule has 3 atom stereocenters. The third-order valence-electron chi connectivity index (χ3n) is 5.60. The van der Waals surface area contributed by atoms with E-state index in [9.17, 15) is 4.79 Å². The third-order valence-corrected chi connectivity index (χ3v) is 6.40. The normalized spacial score (nSPS) is 21.5. The van der Waals surface area contributed by atoms with Crippen molar-refractivity contribution in [2.45, 2.75) is 51.4 Å². The predicted octanol–water partition coefficient (Wildman–Crippen LogP) is 4.85. The van der Waals surface area contributed by atoms with Crippen molar-refractivity contribution in [1.82, 2.24) is 10.2 Å². The number of ether oxygens (including phenoxy) is 3. The van der Waals surface area contributed by atoms with E-state index in [1.165, 1.54) is 18.2 Å². The molecule has 1 aliphatic carbocycles. The van der Waals surface area contributed by atoms with Crippen molar-refractivity contribution in [3.63, 3.8) is 0 Å². The summed E-state index contributed by atoms with van der Waals surface area (Å²) in [5.41, 5.74) is 0.663. The highest BCUT2D eigenvalue weighted by Crippen LogP contribution is 2.36. The minimum absolute atomic E-state index is 0.0105. The summed E-state index contributed by atoms with van der Waals surface area (Å²) in [6.45, 7) is 6.62. The van der Waals surface area contributed by atoms with E-state index >= 15 is 0 Å². The molecule has 0 amide bonds. The maximum absolute atomic E-state index is 12.4. The summed E-state index contributed by atoms with van der Waals surface area (Å²) in [7, 11) is 3.16. The lowest BCUT2D eigenvalue weighted by Crippen LogP contribution is -2.36. The van der Waals surface area contributed by atoms with Gasteiger partial charge < -0.3 is 18.6 Å². The summed E-state index contributed by atoms with van der Waals surface area (Å²) >= 11 is 1.18. The second kappa shape index (κ2) is 10.2. The van der Waals surface area contributed by atoms with Crippen molar-refractivity contribution in [3.8, 4) is 23.0 Å². The van der Waals surface area contributed by atoms with Gasteiger partial charge in [-0.2, -0.15) is 0 Å². The molecule has 8 heteroatoms. The first-order valence-electron chi connectivity index (χ1n) is 10.3. The van der Waals surface area contributed by atoms with Crippen molar-refractivity contribution < 1.29 is 23.4 Å². The average molecular weight is 435 g/mol. The molecule has 0 saturated heterocycles. The predicted molar refractivity (Wildman–Crippen MR) is 115 cm³/mol. The van der Waals surface area contributed by atoms with Crippen LogP contribution in [-0.4, -0.2) is 42.2 Å². The molecule has 0 bridgehead atoms. The Morgan fingerprint density at radius 2 is 2.03 bits per heavy atom. The van der Waals surface area contributed by atoms with Gasteiger partial charge in [-0.1, -0.05) is 39.0 Å². The van der Waals surface area contributed by atoms with Crippen LogP contribution in [0.15, 0.2) is 27.8 Å². The van der Waals surface area contributed by atoms with Crippen molar-refractivity contribution in [2.75, 3.05) is 20.0 Å². The standard InChI is InChI=1S/C22H30N2O5S/c1-13(2)16-8-6-14(3)10-19(16)28-20(25)12-30-22-24-23-21(29-22)17-9-7-15(26-4)11-18(17)27-5/h7,9,11,13-14,16,19H,6,8,10,12H2,1-5H3. The van der Waals surface area contributed by atoms with Crippen LogP contribution in [-0.2, 0) is 9.53 Å². The quantitative estimate of drug-likeness (QED) is 0.431.